The first-order chi connectivity index (χ1) is 8.61. The van der Waals surface area contributed by atoms with Gasteiger partial charge in [0.15, 0.2) is 5.69 Å². The van der Waals surface area contributed by atoms with E-state index in [-0.39, 0.29) is 11.3 Å². The number of aromatic nitrogens is 3. The van der Waals surface area contributed by atoms with Crippen molar-refractivity contribution in [3.8, 4) is 0 Å². The fourth-order valence-electron chi connectivity index (χ4n) is 1.35. The van der Waals surface area contributed by atoms with Crippen molar-refractivity contribution in [2.75, 3.05) is 5.32 Å². The summed E-state index contributed by atoms with van der Waals surface area (Å²) in [6.07, 6.45) is 1.98. The van der Waals surface area contributed by atoms with Gasteiger partial charge in [0.25, 0.3) is 5.91 Å². The zero-order valence-electron chi connectivity index (χ0n) is 9.43. The number of hydrogen-bond acceptors (Lipinski definition) is 5. The van der Waals surface area contributed by atoms with Crippen molar-refractivity contribution in [1.82, 2.24) is 15.4 Å². The van der Waals surface area contributed by atoms with Gasteiger partial charge in [-0.15, -0.1) is 11.3 Å². The van der Waals surface area contributed by atoms with Crippen LogP contribution in [-0.2, 0) is 6.42 Å². The zero-order chi connectivity index (χ0) is 13.1. The maximum atomic E-state index is 11.7. The lowest BCUT2D eigenvalue weighted by Crippen LogP contribution is -2.13. The highest BCUT2D eigenvalue weighted by molar-refractivity contribution is 7.16. The SMILES string of the molecule is CCc1cc(C(=O)O)c(NC(=O)c2cn[nH]n2)s1. The second-order valence-electron chi connectivity index (χ2n) is 3.42. The highest BCUT2D eigenvalue weighted by Crippen LogP contribution is 2.28. The van der Waals surface area contributed by atoms with E-state index < -0.39 is 11.9 Å². The van der Waals surface area contributed by atoms with Crippen LogP contribution >= 0.6 is 11.3 Å². The van der Waals surface area contributed by atoms with Crippen molar-refractivity contribution >= 4 is 28.2 Å². The highest BCUT2D eigenvalue weighted by atomic mass is 32.1. The summed E-state index contributed by atoms with van der Waals surface area (Å²) in [6.45, 7) is 1.92. The van der Waals surface area contributed by atoms with Crippen molar-refractivity contribution < 1.29 is 14.7 Å². The Balaban J connectivity index is 2.25. The molecular formula is C10H10N4O3S. The summed E-state index contributed by atoms with van der Waals surface area (Å²) < 4.78 is 0. The Morgan fingerprint density at radius 1 is 1.56 bits per heavy atom. The van der Waals surface area contributed by atoms with E-state index in [4.69, 9.17) is 5.11 Å². The molecule has 0 fully saturated rings. The number of carbonyl (C=O) groups excluding carboxylic acids is 1. The number of nitrogens with zero attached hydrogens (tertiary/aromatic N) is 2. The summed E-state index contributed by atoms with van der Waals surface area (Å²) in [6, 6.07) is 1.56. The number of carbonyl (C=O) groups is 2. The smallest absolute Gasteiger partial charge is 0.338 e. The zero-order valence-corrected chi connectivity index (χ0v) is 10.2. The molecule has 1 amide bonds. The lowest BCUT2D eigenvalue weighted by molar-refractivity contribution is 0.0698. The van der Waals surface area contributed by atoms with Crippen LogP contribution in [0, 0.1) is 0 Å². The van der Waals surface area contributed by atoms with Crippen LogP contribution in [0.2, 0.25) is 0 Å². The monoisotopic (exact) mass is 266 g/mol. The van der Waals surface area contributed by atoms with Crippen LogP contribution < -0.4 is 5.32 Å². The number of carboxylic acids is 1. The standard InChI is InChI=1S/C10H10N4O3S/c1-2-5-3-6(10(16)17)9(18-5)12-8(15)7-4-11-14-13-7/h3-4H,2H2,1H3,(H,12,15)(H,16,17)(H,11,13,14). The lowest BCUT2D eigenvalue weighted by Gasteiger charge is -2.00. The minimum absolute atomic E-state index is 0.0914. The second-order valence-corrected chi connectivity index (χ2v) is 4.56. The second kappa shape index (κ2) is 4.96. The van der Waals surface area contributed by atoms with E-state index in [2.05, 4.69) is 20.7 Å². The van der Waals surface area contributed by atoms with Crippen molar-refractivity contribution in [3.63, 3.8) is 0 Å². The van der Waals surface area contributed by atoms with Gasteiger partial charge in [-0.1, -0.05) is 6.92 Å². The summed E-state index contributed by atoms with van der Waals surface area (Å²) in [4.78, 5) is 23.7. The van der Waals surface area contributed by atoms with Gasteiger partial charge >= 0.3 is 5.97 Å². The number of thiophene rings is 1. The molecule has 18 heavy (non-hydrogen) atoms. The first kappa shape index (κ1) is 12.2. The predicted octanol–water partition coefficient (Wildman–Crippen LogP) is 1.38. The molecule has 0 radical (unpaired) electrons. The maximum absolute atomic E-state index is 11.7. The molecule has 3 N–H and O–H groups in total. The van der Waals surface area contributed by atoms with Crippen LogP contribution in [-0.4, -0.2) is 32.4 Å². The Morgan fingerprint density at radius 3 is 2.89 bits per heavy atom. The number of aryl methyl sites for hydroxylation is 1. The van der Waals surface area contributed by atoms with Gasteiger partial charge in [0, 0.05) is 4.88 Å². The number of amides is 1. The average Bonchev–Trinajstić information content (AvgIpc) is 2.97. The predicted molar refractivity (Wildman–Crippen MR) is 65.0 cm³/mol. The molecule has 2 aromatic rings. The Morgan fingerprint density at radius 2 is 2.33 bits per heavy atom. The molecule has 0 atom stereocenters. The van der Waals surface area contributed by atoms with Gasteiger partial charge in [-0.2, -0.15) is 15.4 Å². The van der Waals surface area contributed by atoms with Crippen molar-refractivity contribution in [3.05, 3.63) is 28.4 Å². The molecule has 0 unspecified atom stereocenters. The molecule has 2 aromatic heterocycles. The first-order valence-electron chi connectivity index (χ1n) is 5.15. The molecule has 0 aliphatic heterocycles. The van der Waals surface area contributed by atoms with Gasteiger partial charge in [-0.3, -0.25) is 4.79 Å². The number of anilines is 1. The Bertz CT molecular complexity index is 576. The molecular weight excluding hydrogens is 256 g/mol. The van der Waals surface area contributed by atoms with E-state index >= 15 is 0 Å². The van der Waals surface area contributed by atoms with Gasteiger partial charge in [0.05, 0.1) is 11.8 Å². The van der Waals surface area contributed by atoms with Crippen LogP contribution in [0.5, 0.6) is 0 Å². The number of rotatable bonds is 4. The van der Waals surface area contributed by atoms with Crippen molar-refractivity contribution in [2.45, 2.75) is 13.3 Å². The number of nitrogens with one attached hydrogen (secondary N) is 2. The molecule has 0 saturated carbocycles. The van der Waals surface area contributed by atoms with Gasteiger partial charge in [0.1, 0.15) is 5.00 Å². The Kier molecular flexibility index (Phi) is 3.38. The number of hydrogen-bond donors (Lipinski definition) is 3. The normalized spacial score (nSPS) is 10.3. The molecule has 2 heterocycles. The van der Waals surface area contributed by atoms with E-state index in [9.17, 15) is 9.59 Å². The lowest BCUT2D eigenvalue weighted by atomic mass is 10.2. The summed E-state index contributed by atoms with van der Waals surface area (Å²) in [7, 11) is 0. The summed E-state index contributed by atoms with van der Waals surface area (Å²) >= 11 is 1.24. The molecule has 7 nitrogen and oxygen atoms in total. The minimum atomic E-state index is -1.07. The minimum Gasteiger partial charge on any atom is -0.478 e. The van der Waals surface area contributed by atoms with Gasteiger partial charge in [-0.05, 0) is 12.5 Å². The molecule has 0 saturated heterocycles. The van der Waals surface area contributed by atoms with Gasteiger partial charge in [0.2, 0.25) is 0 Å². The summed E-state index contributed by atoms with van der Waals surface area (Å²) in [5, 5.41) is 21.3. The molecule has 0 aliphatic carbocycles. The third-order valence-electron chi connectivity index (χ3n) is 2.24. The van der Waals surface area contributed by atoms with E-state index in [1.807, 2.05) is 6.92 Å². The number of aromatic amines is 1. The fourth-order valence-corrected chi connectivity index (χ4v) is 2.33. The summed E-state index contributed by atoms with van der Waals surface area (Å²) in [5.41, 5.74) is 0.200. The largest absolute Gasteiger partial charge is 0.478 e. The molecule has 94 valence electrons. The summed E-state index contributed by atoms with van der Waals surface area (Å²) in [5.74, 6) is -1.56. The number of H-pyrrole nitrogens is 1. The molecule has 0 spiro atoms. The quantitative estimate of drug-likeness (QED) is 0.774. The topological polar surface area (TPSA) is 108 Å². The Labute approximate surface area is 106 Å². The molecule has 0 aromatic carbocycles. The van der Waals surface area contributed by atoms with Crippen LogP contribution in [0.25, 0.3) is 0 Å². The van der Waals surface area contributed by atoms with Gasteiger partial charge in [-0.25, -0.2) is 4.79 Å². The molecule has 0 bridgehead atoms. The van der Waals surface area contributed by atoms with E-state index in [1.54, 1.807) is 6.07 Å². The van der Waals surface area contributed by atoms with Crippen molar-refractivity contribution in [1.29, 1.82) is 0 Å². The van der Waals surface area contributed by atoms with E-state index in [0.29, 0.717) is 11.4 Å². The highest BCUT2D eigenvalue weighted by Gasteiger charge is 2.18. The van der Waals surface area contributed by atoms with Crippen LogP contribution in [0.1, 0.15) is 32.6 Å². The first-order valence-corrected chi connectivity index (χ1v) is 5.96. The Hall–Kier alpha value is -2.22. The van der Waals surface area contributed by atoms with E-state index in [1.165, 1.54) is 17.5 Å². The number of carboxylic acid groups (broad SMARTS) is 1. The number of aromatic carboxylic acids is 1. The third-order valence-corrected chi connectivity index (χ3v) is 3.43. The van der Waals surface area contributed by atoms with Crippen LogP contribution in [0.15, 0.2) is 12.3 Å². The van der Waals surface area contributed by atoms with Gasteiger partial charge < -0.3 is 10.4 Å². The maximum Gasteiger partial charge on any atom is 0.338 e. The average molecular weight is 266 g/mol. The molecule has 2 rings (SSSR count). The van der Waals surface area contributed by atoms with Crippen LogP contribution in [0.4, 0.5) is 5.00 Å². The molecule has 8 heteroatoms. The third kappa shape index (κ3) is 2.38. The molecule has 0 aliphatic rings. The van der Waals surface area contributed by atoms with Crippen molar-refractivity contribution in [2.24, 2.45) is 0 Å². The van der Waals surface area contributed by atoms with E-state index in [0.717, 1.165) is 4.88 Å². The van der Waals surface area contributed by atoms with Crippen LogP contribution in [0.3, 0.4) is 0 Å². The fraction of sp³-hybridized carbons (Fsp3) is 0.200.